The van der Waals surface area contributed by atoms with Crippen molar-refractivity contribution in [3.63, 3.8) is 0 Å². The lowest BCUT2D eigenvalue weighted by Crippen LogP contribution is -2.57. The molecule has 10 heteroatoms. The van der Waals surface area contributed by atoms with Gasteiger partial charge in [0.15, 0.2) is 11.3 Å². The molecule has 0 spiro atoms. The summed E-state index contributed by atoms with van der Waals surface area (Å²) in [5, 5.41) is 13.7. The summed E-state index contributed by atoms with van der Waals surface area (Å²) in [7, 11) is 1.69. The van der Waals surface area contributed by atoms with Gasteiger partial charge in [0, 0.05) is 50.4 Å². The van der Waals surface area contributed by atoms with Crippen molar-refractivity contribution in [3.05, 3.63) is 52.3 Å². The van der Waals surface area contributed by atoms with Crippen LogP contribution in [0.3, 0.4) is 0 Å². The Hall–Kier alpha value is -3.84. The molecule has 0 radical (unpaired) electrons. The number of nitriles is 1. The highest BCUT2D eigenvalue weighted by Gasteiger charge is 2.35. The van der Waals surface area contributed by atoms with Gasteiger partial charge in [-0.15, -0.1) is 0 Å². The minimum atomic E-state index is -0.322. The molecule has 6 rings (SSSR count). The van der Waals surface area contributed by atoms with E-state index < -0.39 is 0 Å². The monoisotopic (exact) mass is 497 g/mol. The van der Waals surface area contributed by atoms with Gasteiger partial charge in [0.25, 0.3) is 0 Å². The van der Waals surface area contributed by atoms with Crippen LogP contribution < -0.4 is 10.6 Å². The van der Waals surface area contributed by atoms with Gasteiger partial charge in [-0.05, 0) is 51.3 Å². The SMILES string of the molecule is CC(c1ccc2ncc(C3CC3)nc2c1)N1C[C@H](C)N(c2nc(=O)n(C)c3cn(CC#N)nc23)C[C@H]1C. The van der Waals surface area contributed by atoms with Crippen LogP contribution in [-0.2, 0) is 13.6 Å². The Morgan fingerprint density at radius 3 is 2.70 bits per heavy atom. The smallest absolute Gasteiger partial charge is 0.349 e. The third kappa shape index (κ3) is 4.13. The molecule has 2 fully saturated rings. The van der Waals surface area contributed by atoms with Gasteiger partial charge in [-0.3, -0.25) is 19.1 Å². The molecular weight excluding hydrogens is 466 g/mol. The van der Waals surface area contributed by atoms with E-state index in [0.29, 0.717) is 29.3 Å². The van der Waals surface area contributed by atoms with Crippen molar-refractivity contribution in [1.29, 1.82) is 5.26 Å². The molecule has 1 aromatic carbocycles. The average molecular weight is 498 g/mol. The zero-order chi connectivity index (χ0) is 25.8. The van der Waals surface area contributed by atoms with E-state index in [0.717, 1.165) is 23.3 Å². The summed E-state index contributed by atoms with van der Waals surface area (Å²) in [6.07, 6.45) is 6.10. The highest BCUT2D eigenvalue weighted by Crippen LogP contribution is 2.39. The normalized spacial score (nSPS) is 21.4. The molecule has 190 valence electrons. The van der Waals surface area contributed by atoms with Crippen molar-refractivity contribution in [2.45, 2.75) is 64.2 Å². The quantitative estimate of drug-likeness (QED) is 0.414. The van der Waals surface area contributed by atoms with E-state index in [4.69, 9.17) is 10.2 Å². The third-order valence-corrected chi connectivity index (χ3v) is 7.90. The molecule has 4 heterocycles. The Morgan fingerprint density at radius 1 is 1.14 bits per heavy atom. The van der Waals surface area contributed by atoms with Crippen molar-refractivity contribution in [3.8, 4) is 6.07 Å². The summed E-state index contributed by atoms with van der Waals surface area (Å²) in [6, 6.07) is 9.07. The van der Waals surface area contributed by atoms with Crippen molar-refractivity contribution in [2.24, 2.45) is 7.05 Å². The van der Waals surface area contributed by atoms with Gasteiger partial charge in [-0.2, -0.15) is 15.3 Å². The molecule has 0 N–H and O–H groups in total. The molecule has 2 aliphatic rings. The standard InChI is InChI=1S/C27H31N9O/c1-16-14-36(26-25-24(33(4)27(37)31-26)15-34(32-25)10-9-28)17(2)13-35(16)18(3)20-7-8-21-22(11-20)30-23(12-29-21)19-5-6-19/h7-8,11-12,15-19H,5-6,10,13-14H2,1-4H3/t16-,17+,18?/m1/s1. The maximum Gasteiger partial charge on any atom is 0.349 e. The summed E-state index contributed by atoms with van der Waals surface area (Å²) in [5.74, 6) is 1.17. The molecular formula is C27H31N9O. The first-order valence-electron chi connectivity index (χ1n) is 12.9. The van der Waals surface area contributed by atoms with Gasteiger partial charge >= 0.3 is 5.69 Å². The number of aromatic nitrogens is 6. The Balaban J connectivity index is 1.28. The van der Waals surface area contributed by atoms with Crippen molar-refractivity contribution < 1.29 is 0 Å². The first-order valence-corrected chi connectivity index (χ1v) is 12.9. The van der Waals surface area contributed by atoms with Crippen LogP contribution in [0.2, 0.25) is 0 Å². The predicted molar refractivity (Wildman–Crippen MR) is 141 cm³/mol. The Kier molecular flexibility index (Phi) is 5.68. The van der Waals surface area contributed by atoms with E-state index in [-0.39, 0.29) is 30.4 Å². The lowest BCUT2D eigenvalue weighted by Gasteiger charge is -2.47. The lowest BCUT2D eigenvalue weighted by molar-refractivity contribution is 0.119. The third-order valence-electron chi connectivity index (χ3n) is 7.90. The highest BCUT2D eigenvalue weighted by molar-refractivity contribution is 5.85. The highest BCUT2D eigenvalue weighted by atomic mass is 16.1. The zero-order valence-corrected chi connectivity index (χ0v) is 21.7. The minimum Gasteiger partial charge on any atom is -0.349 e. The largest absolute Gasteiger partial charge is 0.349 e. The van der Waals surface area contributed by atoms with Gasteiger partial charge in [-0.25, -0.2) is 9.78 Å². The number of anilines is 1. The number of hydrogen-bond acceptors (Lipinski definition) is 8. The fourth-order valence-electron chi connectivity index (χ4n) is 5.55. The van der Waals surface area contributed by atoms with Gasteiger partial charge < -0.3 is 4.90 Å². The first-order chi connectivity index (χ1) is 17.8. The van der Waals surface area contributed by atoms with E-state index >= 15 is 0 Å². The Morgan fingerprint density at radius 2 is 1.95 bits per heavy atom. The van der Waals surface area contributed by atoms with Crippen molar-refractivity contribution in [2.75, 3.05) is 18.0 Å². The first kappa shape index (κ1) is 23.6. The van der Waals surface area contributed by atoms with Gasteiger partial charge in [0.05, 0.1) is 34.5 Å². The number of aryl methyl sites for hydroxylation is 1. The van der Waals surface area contributed by atoms with Crippen LogP contribution in [0, 0.1) is 11.3 Å². The number of rotatable bonds is 5. The van der Waals surface area contributed by atoms with E-state index in [1.165, 1.54) is 23.0 Å². The molecule has 3 atom stereocenters. The van der Waals surface area contributed by atoms with Crippen LogP contribution in [0.4, 0.5) is 5.82 Å². The van der Waals surface area contributed by atoms with E-state index in [2.05, 4.69) is 69.9 Å². The summed E-state index contributed by atoms with van der Waals surface area (Å²) in [6.45, 7) is 8.27. The summed E-state index contributed by atoms with van der Waals surface area (Å²) < 4.78 is 3.06. The van der Waals surface area contributed by atoms with Gasteiger partial charge in [-0.1, -0.05) is 6.07 Å². The van der Waals surface area contributed by atoms with E-state index in [1.807, 2.05) is 6.20 Å². The van der Waals surface area contributed by atoms with Crippen molar-refractivity contribution >= 4 is 27.9 Å². The molecule has 1 unspecified atom stereocenters. The van der Waals surface area contributed by atoms with Crippen LogP contribution in [0.5, 0.6) is 0 Å². The number of fused-ring (bicyclic) bond motifs is 2. The molecule has 0 amide bonds. The Labute approximate surface area is 215 Å². The summed E-state index contributed by atoms with van der Waals surface area (Å²) in [4.78, 5) is 31.3. The fourth-order valence-corrected chi connectivity index (χ4v) is 5.55. The molecule has 10 nitrogen and oxygen atoms in total. The minimum absolute atomic E-state index is 0.115. The second-order valence-corrected chi connectivity index (χ2v) is 10.5. The molecule has 1 saturated heterocycles. The number of hydrogen-bond donors (Lipinski definition) is 0. The number of piperazine rings is 1. The average Bonchev–Trinajstić information content (AvgIpc) is 3.66. The van der Waals surface area contributed by atoms with Crippen LogP contribution in [-0.4, -0.2) is 59.4 Å². The molecule has 0 bridgehead atoms. The lowest BCUT2D eigenvalue weighted by atomic mass is 10.00. The van der Waals surface area contributed by atoms with Crippen LogP contribution in [0.15, 0.2) is 35.4 Å². The molecule has 37 heavy (non-hydrogen) atoms. The second-order valence-electron chi connectivity index (χ2n) is 10.5. The summed E-state index contributed by atoms with van der Waals surface area (Å²) in [5.41, 5.74) is 5.25. The van der Waals surface area contributed by atoms with Crippen LogP contribution >= 0.6 is 0 Å². The van der Waals surface area contributed by atoms with Crippen LogP contribution in [0.1, 0.15) is 56.8 Å². The molecule has 1 aliphatic carbocycles. The molecule has 1 aliphatic heterocycles. The number of benzene rings is 1. The van der Waals surface area contributed by atoms with Crippen molar-refractivity contribution in [1.82, 2.24) is 34.2 Å². The molecule has 1 saturated carbocycles. The zero-order valence-electron chi connectivity index (χ0n) is 21.7. The molecule has 3 aromatic heterocycles. The number of nitrogens with zero attached hydrogens (tertiary/aromatic N) is 9. The van der Waals surface area contributed by atoms with E-state index in [1.54, 1.807) is 17.9 Å². The Bertz CT molecular complexity index is 1600. The maximum absolute atomic E-state index is 12.7. The topological polar surface area (TPSA) is 109 Å². The van der Waals surface area contributed by atoms with Gasteiger partial charge in [0.1, 0.15) is 6.54 Å². The van der Waals surface area contributed by atoms with E-state index in [9.17, 15) is 4.79 Å². The maximum atomic E-state index is 12.7. The fraction of sp³-hybridized carbons (Fsp3) is 0.481. The summed E-state index contributed by atoms with van der Waals surface area (Å²) >= 11 is 0. The van der Waals surface area contributed by atoms with Gasteiger partial charge in [0.2, 0.25) is 0 Å². The predicted octanol–water partition coefficient (Wildman–Crippen LogP) is 3.13. The second kappa shape index (κ2) is 8.92. The molecule has 4 aromatic rings. The van der Waals surface area contributed by atoms with Crippen LogP contribution in [0.25, 0.3) is 22.1 Å².